The molecule has 0 unspecified atom stereocenters. The first-order valence-electron chi connectivity index (χ1n) is 8.31. The number of rotatable bonds is 6. The first-order valence-corrected chi connectivity index (χ1v) is 8.71. The zero-order chi connectivity index (χ0) is 19.2. The largest absolute Gasteiger partial charge is 0.397 e. The van der Waals surface area contributed by atoms with Gasteiger partial charge in [-0.2, -0.15) is 4.98 Å². The van der Waals surface area contributed by atoms with Crippen LogP contribution in [0.4, 0.5) is 17.3 Å². The quantitative estimate of drug-likeness (QED) is 0.388. The van der Waals surface area contributed by atoms with E-state index in [-0.39, 0.29) is 5.91 Å². The number of carbonyl (C=O) groups excluding carboxylic acids is 1. The Morgan fingerprint density at radius 3 is 2.67 bits per heavy atom. The zero-order valence-electron chi connectivity index (χ0n) is 14.8. The molecule has 8 heteroatoms. The maximum atomic E-state index is 12.3. The van der Waals surface area contributed by atoms with Crippen LogP contribution in [0.2, 0.25) is 0 Å². The Balaban J connectivity index is 1.58. The molecule has 0 saturated carbocycles. The lowest BCUT2D eigenvalue weighted by molar-refractivity contribution is 0.102. The van der Waals surface area contributed by atoms with Gasteiger partial charge in [0, 0.05) is 5.56 Å². The Morgan fingerprint density at radius 2 is 2.00 bits per heavy atom. The number of para-hydroxylation sites is 2. The van der Waals surface area contributed by atoms with Gasteiger partial charge in [-0.15, -0.1) is 5.10 Å². The number of nitrogens with zero attached hydrogens (tertiary/aromatic N) is 3. The van der Waals surface area contributed by atoms with Gasteiger partial charge in [0.15, 0.2) is 0 Å². The van der Waals surface area contributed by atoms with Crippen LogP contribution in [0.25, 0.3) is 6.08 Å². The summed E-state index contributed by atoms with van der Waals surface area (Å²) in [5, 5.41) is 9.62. The molecule has 0 aliphatic heterocycles. The molecule has 3 aromatic rings. The summed E-state index contributed by atoms with van der Waals surface area (Å²) in [7, 11) is 0. The van der Waals surface area contributed by atoms with Gasteiger partial charge in [-0.3, -0.25) is 14.2 Å². The van der Waals surface area contributed by atoms with Crippen LogP contribution in [0.3, 0.4) is 0 Å². The van der Waals surface area contributed by atoms with Crippen molar-refractivity contribution in [1.29, 1.82) is 0 Å². The van der Waals surface area contributed by atoms with Gasteiger partial charge in [-0.05, 0) is 36.8 Å². The molecule has 0 fully saturated rings. The number of hydrogen-bond acceptors (Lipinski definition) is 6. The third-order valence-corrected chi connectivity index (χ3v) is 4.13. The molecule has 0 aliphatic carbocycles. The van der Waals surface area contributed by atoms with Gasteiger partial charge in [0.2, 0.25) is 0 Å². The monoisotopic (exact) mass is 380 g/mol. The van der Waals surface area contributed by atoms with Crippen LogP contribution in [0.5, 0.6) is 0 Å². The Hall–Kier alpha value is -3.26. The predicted octanol–water partition coefficient (Wildman–Crippen LogP) is 3.31. The number of amides is 1. The normalized spacial score (nSPS) is 10.9. The molecule has 0 saturated heterocycles. The minimum absolute atomic E-state index is 0.204. The molecule has 3 rings (SSSR count). The average Bonchev–Trinajstić information content (AvgIpc) is 3.10. The van der Waals surface area contributed by atoms with Crippen LogP contribution < -0.4 is 15.4 Å². The number of H-pyrrole nitrogens is 1. The number of aromatic amines is 1. The van der Waals surface area contributed by atoms with Crippen molar-refractivity contribution < 1.29 is 4.79 Å². The number of nitrogens with two attached hydrogens (primary N) is 1. The third-order valence-electron chi connectivity index (χ3n) is 3.79. The number of thiol groups is 1. The summed E-state index contributed by atoms with van der Waals surface area (Å²) in [6.07, 6.45) is 3.89. The van der Waals surface area contributed by atoms with Crippen LogP contribution in [-0.4, -0.2) is 27.6 Å². The van der Waals surface area contributed by atoms with E-state index in [0.717, 1.165) is 11.4 Å². The summed E-state index contributed by atoms with van der Waals surface area (Å²) in [4.78, 5) is 16.5. The van der Waals surface area contributed by atoms with Crippen molar-refractivity contribution in [3.63, 3.8) is 0 Å². The Labute approximate surface area is 162 Å². The molecule has 0 spiro atoms. The first kappa shape index (κ1) is 18.5. The van der Waals surface area contributed by atoms with E-state index in [9.17, 15) is 4.79 Å². The summed E-state index contributed by atoms with van der Waals surface area (Å²) in [6.45, 7) is 2.37. The molecule has 0 bridgehead atoms. The van der Waals surface area contributed by atoms with E-state index in [1.54, 1.807) is 28.6 Å². The van der Waals surface area contributed by atoms with Crippen LogP contribution in [0.15, 0.2) is 54.6 Å². The fourth-order valence-electron chi connectivity index (χ4n) is 2.37. The molecule has 138 valence electrons. The van der Waals surface area contributed by atoms with E-state index < -0.39 is 0 Å². The fourth-order valence-corrected chi connectivity index (χ4v) is 2.55. The molecule has 0 aliphatic rings. The summed E-state index contributed by atoms with van der Waals surface area (Å²) in [5.41, 5.74) is 8.51. The van der Waals surface area contributed by atoms with Crippen LogP contribution >= 0.6 is 12.8 Å². The van der Waals surface area contributed by atoms with E-state index in [4.69, 9.17) is 5.73 Å². The van der Waals surface area contributed by atoms with E-state index in [1.807, 2.05) is 43.3 Å². The van der Waals surface area contributed by atoms with Crippen molar-refractivity contribution in [2.24, 2.45) is 0 Å². The lowest BCUT2D eigenvalue weighted by atomic mass is 10.1. The van der Waals surface area contributed by atoms with Crippen LogP contribution in [0.1, 0.15) is 21.7 Å². The number of nitrogen functional groups attached to an aromatic ring is 1. The number of nitrogens with one attached hydrogen (secondary N) is 2. The van der Waals surface area contributed by atoms with Gasteiger partial charge < -0.3 is 11.1 Å². The van der Waals surface area contributed by atoms with Gasteiger partial charge in [0.05, 0.1) is 17.9 Å². The first-order chi connectivity index (χ1) is 13.0. The molecule has 2 aromatic carbocycles. The van der Waals surface area contributed by atoms with Crippen molar-refractivity contribution in [3.8, 4) is 0 Å². The standard InChI is InChI=1S/C19H20N6OS/c1-13-21-19(24-23-13)25(27)12-4-5-14-8-10-15(11-9-14)18(26)22-17-7-3-2-6-16(17)20/h2-11,27H,12,20H2,1H3,(H,22,26)(H,21,23,24). The van der Waals surface area contributed by atoms with Crippen molar-refractivity contribution >= 4 is 42.1 Å². The smallest absolute Gasteiger partial charge is 0.255 e. The summed E-state index contributed by atoms with van der Waals surface area (Å²) >= 11 is 4.35. The zero-order valence-corrected chi connectivity index (χ0v) is 15.6. The molecule has 27 heavy (non-hydrogen) atoms. The summed E-state index contributed by atoms with van der Waals surface area (Å²) < 4.78 is 1.63. The number of carbonyl (C=O) groups is 1. The highest BCUT2D eigenvalue weighted by molar-refractivity contribution is 7.81. The predicted molar refractivity (Wildman–Crippen MR) is 112 cm³/mol. The van der Waals surface area contributed by atoms with E-state index in [0.29, 0.717) is 29.4 Å². The number of aromatic nitrogens is 3. The summed E-state index contributed by atoms with van der Waals surface area (Å²) in [5.74, 6) is 1.05. The van der Waals surface area contributed by atoms with Gasteiger partial charge in [-0.1, -0.05) is 49.2 Å². The molecule has 4 N–H and O–H groups in total. The second-order valence-electron chi connectivity index (χ2n) is 5.87. The SMILES string of the molecule is Cc1nc(N(S)CC=Cc2ccc(C(=O)Nc3ccccc3N)cc2)n[nH]1. The highest BCUT2D eigenvalue weighted by Crippen LogP contribution is 2.18. The molecule has 1 aromatic heterocycles. The molecule has 1 amide bonds. The molecular formula is C19H20N6OS. The minimum Gasteiger partial charge on any atom is -0.397 e. The number of anilines is 3. The highest BCUT2D eigenvalue weighted by Gasteiger charge is 2.08. The van der Waals surface area contributed by atoms with Gasteiger partial charge in [0.1, 0.15) is 5.82 Å². The fraction of sp³-hybridized carbons (Fsp3) is 0.105. The average molecular weight is 380 g/mol. The minimum atomic E-state index is -0.204. The lowest BCUT2D eigenvalue weighted by Crippen LogP contribution is -2.13. The van der Waals surface area contributed by atoms with Gasteiger partial charge >= 0.3 is 0 Å². The lowest BCUT2D eigenvalue weighted by Gasteiger charge is -2.09. The van der Waals surface area contributed by atoms with Crippen LogP contribution in [-0.2, 0) is 0 Å². The molecule has 0 radical (unpaired) electrons. The van der Waals surface area contributed by atoms with Crippen LogP contribution in [0, 0.1) is 6.92 Å². The van der Waals surface area contributed by atoms with E-state index >= 15 is 0 Å². The van der Waals surface area contributed by atoms with Gasteiger partial charge in [0.25, 0.3) is 11.9 Å². The highest BCUT2D eigenvalue weighted by atomic mass is 32.1. The van der Waals surface area contributed by atoms with E-state index in [2.05, 4.69) is 33.3 Å². The Morgan fingerprint density at radius 1 is 1.26 bits per heavy atom. The van der Waals surface area contributed by atoms with Gasteiger partial charge in [-0.25, -0.2) is 0 Å². The second kappa shape index (κ2) is 8.41. The topological polar surface area (TPSA) is 99.9 Å². The van der Waals surface area contributed by atoms with Crippen molar-refractivity contribution in [2.45, 2.75) is 6.92 Å². The molecule has 1 heterocycles. The van der Waals surface area contributed by atoms with E-state index in [1.165, 1.54) is 0 Å². The van der Waals surface area contributed by atoms with Crippen molar-refractivity contribution in [3.05, 3.63) is 71.6 Å². The van der Waals surface area contributed by atoms with Crippen molar-refractivity contribution in [1.82, 2.24) is 15.2 Å². The summed E-state index contributed by atoms with van der Waals surface area (Å²) in [6, 6.07) is 14.4. The Bertz CT molecular complexity index is 951. The number of hydrogen-bond donors (Lipinski definition) is 4. The Kier molecular flexibility index (Phi) is 5.77. The molecule has 7 nitrogen and oxygen atoms in total. The third kappa shape index (κ3) is 4.89. The second-order valence-corrected chi connectivity index (χ2v) is 6.35. The van der Waals surface area contributed by atoms with Crippen molar-refractivity contribution in [2.75, 3.05) is 21.9 Å². The number of aryl methyl sites for hydroxylation is 1. The number of benzene rings is 2. The maximum absolute atomic E-state index is 12.3. The molecular weight excluding hydrogens is 360 g/mol. The maximum Gasteiger partial charge on any atom is 0.255 e. The molecule has 0 atom stereocenters.